The molecule has 1 aliphatic rings. The Morgan fingerprint density at radius 2 is 2.04 bits per heavy atom. The normalized spacial score (nSPS) is 15.6. The molecule has 130 valence electrons. The van der Waals surface area contributed by atoms with Crippen molar-refractivity contribution in [2.75, 3.05) is 6.54 Å². The summed E-state index contributed by atoms with van der Waals surface area (Å²) in [6.07, 6.45) is 1.61. The molecule has 0 saturated carbocycles. The van der Waals surface area contributed by atoms with Crippen LogP contribution in [0.5, 0.6) is 11.5 Å². The van der Waals surface area contributed by atoms with E-state index >= 15 is 0 Å². The van der Waals surface area contributed by atoms with E-state index in [0.29, 0.717) is 17.4 Å². The Morgan fingerprint density at radius 1 is 1.28 bits per heavy atom. The minimum absolute atomic E-state index is 0.00889. The Hall–Kier alpha value is -2.99. The number of hydrogen-bond acceptors (Lipinski definition) is 4. The van der Waals surface area contributed by atoms with E-state index in [2.05, 4.69) is 0 Å². The molecule has 0 aliphatic carbocycles. The van der Waals surface area contributed by atoms with Gasteiger partial charge in [-0.25, -0.2) is 9.86 Å². The van der Waals surface area contributed by atoms with E-state index in [0.717, 1.165) is 22.4 Å². The van der Waals surface area contributed by atoms with E-state index in [1.54, 1.807) is 0 Å². The first kappa shape index (κ1) is 16.9. The molecule has 0 radical (unpaired) electrons. The van der Waals surface area contributed by atoms with Crippen molar-refractivity contribution >= 4 is 12.1 Å². The van der Waals surface area contributed by atoms with Gasteiger partial charge in [-0.05, 0) is 42.3 Å². The maximum absolute atomic E-state index is 11.0. The van der Waals surface area contributed by atoms with Gasteiger partial charge in [0.1, 0.15) is 24.2 Å². The molecule has 6 nitrogen and oxygen atoms in total. The number of primary amides is 1. The lowest BCUT2D eigenvalue weighted by molar-refractivity contribution is -0.0337. The van der Waals surface area contributed by atoms with Crippen LogP contribution in [0.4, 0.5) is 4.79 Å². The third-order valence-corrected chi connectivity index (χ3v) is 3.98. The van der Waals surface area contributed by atoms with E-state index in [9.17, 15) is 10.0 Å². The van der Waals surface area contributed by atoms with Gasteiger partial charge in [-0.3, -0.25) is 5.21 Å². The van der Waals surface area contributed by atoms with Crippen molar-refractivity contribution in [3.05, 3.63) is 65.2 Å². The molecular weight excluding hydrogens is 320 g/mol. The number of carbonyl (C=O) groups is 1. The molecule has 0 saturated heterocycles. The highest BCUT2D eigenvalue weighted by molar-refractivity contribution is 5.72. The van der Waals surface area contributed by atoms with E-state index in [-0.39, 0.29) is 12.6 Å². The van der Waals surface area contributed by atoms with Crippen LogP contribution in [0.25, 0.3) is 6.08 Å². The number of fused-ring (bicyclic) bond motifs is 1. The van der Waals surface area contributed by atoms with Crippen LogP contribution in [0.3, 0.4) is 0 Å². The van der Waals surface area contributed by atoms with E-state index in [4.69, 9.17) is 15.2 Å². The first-order valence-electron chi connectivity index (χ1n) is 7.96. The first-order chi connectivity index (χ1) is 12.0. The fraction of sp³-hybridized carbons (Fsp3) is 0.211. The van der Waals surface area contributed by atoms with Crippen molar-refractivity contribution in [1.82, 2.24) is 5.06 Å². The van der Waals surface area contributed by atoms with Gasteiger partial charge < -0.3 is 15.2 Å². The van der Waals surface area contributed by atoms with Crippen LogP contribution in [-0.4, -0.2) is 29.0 Å². The molecular formula is C19H20N2O4. The molecule has 0 fully saturated rings. The number of nitrogens with zero attached hydrogens (tertiary/aromatic N) is 1. The van der Waals surface area contributed by atoms with Crippen LogP contribution >= 0.6 is 0 Å². The molecule has 0 aromatic heterocycles. The molecule has 0 bridgehead atoms. The minimum atomic E-state index is -0.904. The van der Waals surface area contributed by atoms with Crippen LogP contribution in [0.1, 0.15) is 18.1 Å². The third kappa shape index (κ3) is 4.10. The molecule has 2 aromatic carbocycles. The number of ether oxygens (including phenoxy) is 2. The Morgan fingerprint density at radius 3 is 2.76 bits per heavy atom. The summed E-state index contributed by atoms with van der Waals surface area (Å²) in [5.74, 6) is 1.44. The SMILES string of the molecule is CC1Oc2ccc(OCc3ccccc3)cc2C=C1CN(O)C(N)=O. The highest BCUT2D eigenvalue weighted by atomic mass is 16.5. The lowest BCUT2D eigenvalue weighted by atomic mass is 10.0. The molecule has 1 aliphatic heterocycles. The Balaban J connectivity index is 1.75. The van der Waals surface area contributed by atoms with Crippen LogP contribution in [0, 0.1) is 0 Å². The molecule has 1 atom stereocenters. The predicted octanol–water partition coefficient (Wildman–Crippen LogP) is 3.20. The Bertz CT molecular complexity index is 789. The summed E-state index contributed by atoms with van der Waals surface area (Å²) in [7, 11) is 0. The van der Waals surface area contributed by atoms with Gasteiger partial charge in [-0.15, -0.1) is 0 Å². The number of benzene rings is 2. The van der Waals surface area contributed by atoms with Gasteiger partial charge in [0.25, 0.3) is 0 Å². The fourth-order valence-corrected chi connectivity index (χ4v) is 2.59. The molecule has 3 N–H and O–H groups in total. The number of hydroxylamine groups is 2. The highest BCUT2D eigenvalue weighted by Gasteiger charge is 2.22. The topological polar surface area (TPSA) is 85.0 Å². The number of amides is 2. The highest BCUT2D eigenvalue weighted by Crippen LogP contribution is 2.33. The zero-order chi connectivity index (χ0) is 17.8. The summed E-state index contributed by atoms with van der Waals surface area (Å²) < 4.78 is 11.6. The summed E-state index contributed by atoms with van der Waals surface area (Å²) in [6, 6.07) is 14.6. The summed E-state index contributed by atoms with van der Waals surface area (Å²) >= 11 is 0. The van der Waals surface area contributed by atoms with E-state index < -0.39 is 6.03 Å². The second-order valence-corrected chi connectivity index (χ2v) is 5.85. The summed E-state index contributed by atoms with van der Waals surface area (Å²) in [4.78, 5) is 11.0. The van der Waals surface area contributed by atoms with Crippen LogP contribution < -0.4 is 15.2 Å². The lowest BCUT2D eigenvalue weighted by Gasteiger charge is -2.26. The maximum Gasteiger partial charge on any atom is 0.338 e. The predicted molar refractivity (Wildman–Crippen MR) is 93.4 cm³/mol. The van der Waals surface area contributed by atoms with Crippen molar-refractivity contribution in [2.24, 2.45) is 5.73 Å². The molecule has 6 heteroatoms. The molecule has 25 heavy (non-hydrogen) atoms. The smallest absolute Gasteiger partial charge is 0.338 e. The zero-order valence-electron chi connectivity index (χ0n) is 13.9. The number of hydrogen-bond donors (Lipinski definition) is 2. The quantitative estimate of drug-likeness (QED) is 0.646. The van der Waals surface area contributed by atoms with Crippen molar-refractivity contribution in [3.63, 3.8) is 0 Å². The average molecular weight is 340 g/mol. The number of urea groups is 1. The van der Waals surface area contributed by atoms with Crippen molar-refractivity contribution < 1.29 is 19.5 Å². The minimum Gasteiger partial charge on any atom is -0.489 e. The van der Waals surface area contributed by atoms with Crippen LogP contribution in [-0.2, 0) is 6.61 Å². The van der Waals surface area contributed by atoms with Crippen LogP contribution in [0.2, 0.25) is 0 Å². The van der Waals surface area contributed by atoms with E-state index in [1.165, 1.54) is 0 Å². The average Bonchev–Trinajstić information content (AvgIpc) is 2.61. The van der Waals surface area contributed by atoms with Gasteiger partial charge in [0.05, 0.1) is 6.54 Å². The second-order valence-electron chi connectivity index (χ2n) is 5.85. The molecule has 1 unspecified atom stereocenters. The lowest BCUT2D eigenvalue weighted by Crippen LogP contribution is -2.37. The molecule has 2 amide bonds. The molecule has 1 heterocycles. The van der Waals surface area contributed by atoms with Gasteiger partial charge in [-0.1, -0.05) is 30.3 Å². The summed E-state index contributed by atoms with van der Waals surface area (Å²) in [5.41, 5.74) is 7.72. The van der Waals surface area contributed by atoms with E-state index in [1.807, 2.05) is 61.5 Å². The summed E-state index contributed by atoms with van der Waals surface area (Å²) in [5, 5.41) is 10.0. The molecule has 2 aromatic rings. The Labute approximate surface area is 146 Å². The fourth-order valence-electron chi connectivity index (χ4n) is 2.59. The summed E-state index contributed by atoms with van der Waals surface area (Å²) in [6.45, 7) is 2.31. The second kappa shape index (κ2) is 7.27. The number of carbonyl (C=O) groups excluding carboxylic acids is 1. The molecule has 3 rings (SSSR count). The number of nitrogens with two attached hydrogens (primary N) is 1. The maximum atomic E-state index is 11.0. The van der Waals surface area contributed by atoms with Crippen molar-refractivity contribution in [1.29, 1.82) is 0 Å². The van der Waals surface area contributed by atoms with Gasteiger partial charge in [-0.2, -0.15) is 0 Å². The molecule has 0 spiro atoms. The Kier molecular flexibility index (Phi) is 4.90. The van der Waals surface area contributed by atoms with Crippen LogP contribution in [0.15, 0.2) is 54.1 Å². The first-order valence-corrected chi connectivity index (χ1v) is 7.96. The van der Waals surface area contributed by atoms with Crippen molar-refractivity contribution in [2.45, 2.75) is 19.6 Å². The van der Waals surface area contributed by atoms with Crippen molar-refractivity contribution in [3.8, 4) is 11.5 Å². The largest absolute Gasteiger partial charge is 0.489 e. The van der Waals surface area contributed by atoms with Gasteiger partial charge in [0, 0.05) is 5.56 Å². The third-order valence-electron chi connectivity index (χ3n) is 3.98. The van der Waals surface area contributed by atoms with Gasteiger partial charge >= 0.3 is 6.03 Å². The number of rotatable bonds is 5. The monoisotopic (exact) mass is 340 g/mol. The van der Waals surface area contributed by atoms with Gasteiger partial charge in [0.15, 0.2) is 0 Å². The zero-order valence-corrected chi connectivity index (χ0v) is 13.9. The van der Waals surface area contributed by atoms with Gasteiger partial charge in [0.2, 0.25) is 0 Å². The standard InChI is InChI=1S/C19H20N2O4/c1-13-16(11-21(23)19(20)22)9-15-10-17(7-8-18(15)25-13)24-12-14-5-3-2-4-6-14/h2-10,13,23H,11-12H2,1H3,(H2,20,22).